The number of hydrogen-bond acceptors (Lipinski definition) is 2. The van der Waals surface area contributed by atoms with Crippen LogP contribution >= 0.6 is 27.5 Å². The fraction of sp³-hybridized carbons (Fsp3) is 0.182. The van der Waals surface area contributed by atoms with Crippen LogP contribution in [-0.2, 0) is 0 Å². The van der Waals surface area contributed by atoms with E-state index in [9.17, 15) is 4.79 Å². The van der Waals surface area contributed by atoms with E-state index in [4.69, 9.17) is 16.0 Å². The monoisotopic (exact) mass is 286 g/mol. The highest BCUT2D eigenvalue weighted by atomic mass is 79.9. The summed E-state index contributed by atoms with van der Waals surface area (Å²) in [4.78, 5) is 11.3. The summed E-state index contributed by atoms with van der Waals surface area (Å²) in [6, 6.07) is 5.58. The average Bonchev–Trinajstić information content (AvgIpc) is 2.60. The first-order chi connectivity index (χ1) is 7.11. The average molecular weight is 288 g/mol. The molecule has 0 unspecified atom stereocenters. The van der Waals surface area contributed by atoms with E-state index in [1.54, 1.807) is 6.07 Å². The Kier molecular flexibility index (Phi) is 2.85. The number of carbonyl (C=O) groups is 1. The minimum absolute atomic E-state index is 0.0555. The number of alkyl halides is 1. The van der Waals surface area contributed by atoms with Crippen molar-refractivity contribution in [2.75, 3.05) is 5.88 Å². The standard InChI is InChI=1S/C11H8BrClO2/c1-6-2-8(12)3-7-4-10(9(14)5-13)15-11(6)7/h2-4H,5H2,1H3. The summed E-state index contributed by atoms with van der Waals surface area (Å²) in [5.41, 5.74) is 1.74. The highest BCUT2D eigenvalue weighted by Gasteiger charge is 2.12. The molecule has 0 amide bonds. The van der Waals surface area contributed by atoms with E-state index in [0.29, 0.717) is 5.76 Å². The summed E-state index contributed by atoms with van der Waals surface area (Å²) in [7, 11) is 0. The molecule has 78 valence electrons. The van der Waals surface area contributed by atoms with E-state index in [1.165, 1.54) is 0 Å². The highest BCUT2D eigenvalue weighted by molar-refractivity contribution is 9.10. The summed E-state index contributed by atoms with van der Waals surface area (Å²) in [5, 5.41) is 0.912. The molecule has 0 aliphatic heterocycles. The zero-order chi connectivity index (χ0) is 11.0. The van der Waals surface area contributed by atoms with Crippen LogP contribution in [0.15, 0.2) is 27.1 Å². The molecular weight excluding hydrogens is 279 g/mol. The summed E-state index contributed by atoms with van der Waals surface area (Å²) in [6.45, 7) is 1.94. The van der Waals surface area contributed by atoms with E-state index < -0.39 is 0 Å². The molecule has 0 atom stereocenters. The van der Waals surface area contributed by atoms with Gasteiger partial charge in [0.1, 0.15) is 5.58 Å². The molecule has 2 aromatic rings. The highest BCUT2D eigenvalue weighted by Crippen LogP contribution is 2.27. The Bertz CT molecular complexity index is 531. The van der Waals surface area contributed by atoms with Crippen molar-refractivity contribution in [2.24, 2.45) is 0 Å². The molecule has 2 rings (SSSR count). The van der Waals surface area contributed by atoms with Gasteiger partial charge in [-0.05, 0) is 30.7 Å². The molecule has 4 heteroatoms. The predicted molar refractivity (Wildman–Crippen MR) is 63.7 cm³/mol. The SMILES string of the molecule is Cc1cc(Br)cc2cc(C(=O)CCl)oc12. The van der Waals surface area contributed by atoms with Crippen LogP contribution in [0.3, 0.4) is 0 Å². The second kappa shape index (κ2) is 3.99. The molecule has 0 bridgehead atoms. The number of fused-ring (bicyclic) bond motifs is 1. The molecule has 0 fully saturated rings. The van der Waals surface area contributed by atoms with Gasteiger partial charge < -0.3 is 4.42 Å². The lowest BCUT2D eigenvalue weighted by Crippen LogP contribution is -1.96. The maximum Gasteiger partial charge on any atom is 0.212 e. The number of ketones is 1. The van der Waals surface area contributed by atoms with E-state index >= 15 is 0 Å². The molecule has 0 saturated carbocycles. The number of hydrogen-bond donors (Lipinski definition) is 0. The number of furan rings is 1. The van der Waals surface area contributed by atoms with Gasteiger partial charge in [-0.2, -0.15) is 0 Å². The lowest BCUT2D eigenvalue weighted by molar-refractivity contribution is 0.0992. The van der Waals surface area contributed by atoms with Gasteiger partial charge in [0, 0.05) is 9.86 Å². The first-order valence-corrected chi connectivity index (χ1v) is 5.73. The number of Topliss-reactive ketones (excluding diaryl/α,β-unsaturated/α-hetero) is 1. The smallest absolute Gasteiger partial charge is 0.212 e. The third-order valence-electron chi connectivity index (χ3n) is 2.16. The maximum absolute atomic E-state index is 11.3. The molecule has 0 N–H and O–H groups in total. The second-order valence-electron chi connectivity index (χ2n) is 3.31. The number of halogens is 2. The fourth-order valence-corrected chi connectivity index (χ4v) is 2.21. The fourth-order valence-electron chi connectivity index (χ4n) is 1.49. The van der Waals surface area contributed by atoms with Crippen molar-refractivity contribution in [3.05, 3.63) is 34.0 Å². The molecule has 1 heterocycles. The van der Waals surface area contributed by atoms with E-state index in [2.05, 4.69) is 15.9 Å². The summed E-state index contributed by atoms with van der Waals surface area (Å²) >= 11 is 8.86. The Hall–Kier alpha value is -0.800. The topological polar surface area (TPSA) is 30.2 Å². The van der Waals surface area contributed by atoms with Crippen LogP contribution in [0, 0.1) is 6.92 Å². The van der Waals surface area contributed by atoms with Crippen LogP contribution in [0.5, 0.6) is 0 Å². The van der Waals surface area contributed by atoms with Crippen LogP contribution in [0.1, 0.15) is 16.1 Å². The Morgan fingerprint density at radius 3 is 2.87 bits per heavy atom. The van der Waals surface area contributed by atoms with Gasteiger partial charge in [-0.3, -0.25) is 4.79 Å². The first-order valence-electron chi connectivity index (χ1n) is 4.40. The van der Waals surface area contributed by atoms with Gasteiger partial charge in [0.25, 0.3) is 0 Å². The van der Waals surface area contributed by atoms with Gasteiger partial charge in [-0.15, -0.1) is 11.6 Å². The van der Waals surface area contributed by atoms with Crippen molar-refractivity contribution in [2.45, 2.75) is 6.92 Å². The minimum atomic E-state index is -0.191. The molecule has 0 aliphatic rings. The zero-order valence-corrected chi connectivity index (χ0v) is 10.4. The van der Waals surface area contributed by atoms with Gasteiger partial charge in [0.05, 0.1) is 5.88 Å². The van der Waals surface area contributed by atoms with Gasteiger partial charge >= 0.3 is 0 Å². The number of benzene rings is 1. The van der Waals surface area contributed by atoms with Crippen molar-refractivity contribution >= 4 is 44.3 Å². The normalized spacial score (nSPS) is 10.9. The number of aryl methyl sites for hydroxylation is 1. The van der Waals surface area contributed by atoms with Crippen molar-refractivity contribution in [1.82, 2.24) is 0 Å². The predicted octanol–water partition coefficient (Wildman–Crippen LogP) is 3.93. The van der Waals surface area contributed by atoms with E-state index in [-0.39, 0.29) is 11.7 Å². The maximum atomic E-state index is 11.3. The van der Waals surface area contributed by atoms with Crippen LogP contribution in [0.25, 0.3) is 11.0 Å². The third kappa shape index (κ3) is 1.94. The molecule has 0 spiro atoms. The van der Waals surface area contributed by atoms with Crippen molar-refractivity contribution in [3.63, 3.8) is 0 Å². The Morgan fingerprint density at radius 2 is 2.20 bits per heavy atom. The van der Waals surface area contributed by atoms with Crippen molar-refractivity contribution < 1.29 is 9.21 Å². The molecule has 15 heavy (non-hydrogen) atoms. The third-order valence-corrected chi connectivity index (χ3v) is 2.86. The number of carbonyl (C=O) groups excluding carboxylic acids is 1. The van der Waals surface area contributed by atoms with Crippen molar-refractivity contribution in [3.8, 4) is 0 Å². The molecule has 0 radical (unpaired) electrons. The molecule has 0 saturated heterocycles. The lowest BCUT2D eigenvalue weighted by Gasteiger charge is -1.95. The van der Waals surface area contributed by atoms with Crippen LogP contribution < -0.4 is 0 Å². The number of rotatable bonds is 2. The van der Waals surface area contributed by atoms with Gasteiger partial charge in [0.2, 0.25) is 5.78 Å². The molecule has 1 aromatic heterocycles. The molecule has 1 aromatic carbocycles. The lowest BCUT2D eigenvalue weighted by atomic mass is 10.2. The van der Waals surface area contributed by atoms with Gasteiger partial charge in [-0.25, -0.2) is 0 Å². The summed E-state index contributed by atoms with van der Waals surface area (Å²) in [6.07, 6.45) is 0. The van der Waals surface area contributed by atoms with Crippen LogP contribution in [0.2, 0.25) is 0 Å². The quantitative estimate of drug-likeness (QED) is 0.619. The van der Waals surface area contributed by atoms with Crippen LogP contribution in [0.4, 0.5) is 0 Å². The van der Waals surface area contributed by atoms with Crippen LogP contribution in [-0.4, -0.2) is 11.7 Å². The largest absolute Gasteiger partial charge is 0.453 e. The van der Waals surface area contributed by atoms with Gasteiger partial charge in [0.15, 0.2) is 5.76 Å². The molecular formula is C11H8BrClO2. The van der Waals surface area contributed by atoms with E-state index in [1.807, 2.05) is 19.1 Å². The summed E-state index contributed by atoms with van der Waals surface area (Å²) in [5.74, 6) is 0.0737. The molecule has 2 nitrogen and oxygen atoms in total. The Morgan fingerprint density at radius 1 is 1.47 bits per heavy atom. The van der Waals surface area contributed by atoms with E-state index in [0.717, 1.165) is 21.0 Å². The zero-order valence-electron chi connectivity index (χ0n) is 8.01. The second-order valence-corrected chi connectivity index (χ2v) is 4.49. The van der Waals surface area contributed by atoms with Crippen molar-refractivity contribution in [1.29, 1.82) is 0 Å². The Labute approximate surface area is 100 Å². The Balaban J connectivity index is 2.65. The van der Waals surface area contributed by atoms with Gasteiger partial charge in [-0.1, -0.05) is 15.9 Å². The molecule has 0 aliphatic carbocycles. The summed E-state index contributed by atoms with van der Waals surface area (Å²) < 4.78 is 6.42. The first kappa shape index (κ1) is 10.7. The minimum Gasteiger partial charge on any atom is -0.453 e.